The molecule has 154 valence electrons. The summed E-state index contributed by atoms with van der Waals surface area (Å²) >= 11 is 0. The third-order valence-electron chi connectivity index (χ3n) is 5.16. The Bertz CT molecular complexity index is 1040. The number of nitrogens with zero attached hydrogens (tertiary/aromatic N) is 2. The van der Waals surface area contributed by atoms with E-state index in [4.69, 9.17) is 4.74 Å². The number of H-pyrrole nitrogens is 1. The first-order chi connectivity index (χ1) is 13.4. The Morgan fingerprint density at radius 2 is 2.03 bits per heavy atom. The average molecular weight is 414 g/mol. The van der Waals surface area contributed by atoms with Crippen LogP contribution in [0.3, 0.4) is 0 Å². The number of halogens is 1. The summed E-state index contributed by atoms with van der Waals surface area (Å²) in [4.78, 5) is 22.3. The van der Waals surface area contributed by atoms with Crippen molar-refractivity contribution in [2.45, 2.75) is 70.9 Å². The maximum atomic E-state index is 14.7. The Balaban J connectivity index is 1.66. The largest absolute Gasteiger partial charge is 0.444 e. The fourth-order valence-electron chi connectivity index (χ4n) is 3.86. The molecule has 3 atom stereocenters. The molecule has 1 aliphatic heterocycles. The molecular weight excluding hydrogens is 385 g/mol. The van der Waals surface area contributed by atoms with Crippen LogP contribution in [0.1, 0.15) is 51.0 Å². The molecule has 5 nitrogen and oxygen atoms in total. The molecule has 1 aliphatic carbocycles. The van der Waals surface area contributed by atoms with Crippen LogP contribution in [-0.4, -0.2) is 40.7 Å². The van der Waals surface area contributed by atoms with Crippen LogP contribution in [0.4, 0.5) is 9.18 Å². The van der Waals surface area contributed by atoms with Crippen molar-refractivity contribution in [3.8, 4) is 11.5 Å². The minimum atomic E-state index is -1.55. The van der Waals surface area contributed by atoms with Gasteiger partial charge < -0.3 is 9.72 Å². The number of amides is 1. The summed E-state index contributed by atoms with van der Waals surface area (Å²) in [6.07, 6.45) is 1.50. The minimum absolute atomic E-state index is 0.200. The molecule has 7 heteroatoms. The average Bonchev–Trinajstić information content (AvgIpc) is 3.02. The Morgan fingerprint density at radius 1 is 1.31 bits per heavy atom. The maximum absolute atomic E-state index is 14.7. The lowest BCUT2D eigenvalue weighted by Crippen LogP contribution is -2.38. The highest BCUT2D eigenvalue weighted by Gasteiger charge is 2.56. The summed E-state index contributed by atoms with van der Waals surface area (Å²) in [5.74, 6) is 3.80. The zero-order chi connectivity index (χ0) is 21.1. The molecule has 2 aliphatic rings. The lowest BCUT2D eigenvalue weighted by atomic mass is 10.1. The summed E-state index contributed by atoms with van der Waals surface area (Å²) in [6.45, 7) is 12.0. The second-order valence-electron chi connectivity index (χ2n) is 10.2. The van der Waals surface area contributed by atoms with Crippen molar-refractivity contribution in [1.82, 2.24) is 14.9 Å². The van der Waals surface area contributed by atoms with Crippen molar-refractivity contribution >= 4 is 25.2 Å². The number of hydrogen-bond donors (Lipinski definition) is 1. The summed E-state index contributed by atoms with van der Waals surface area (Å²) in [5.41, 5.74) is 4.26. The van der Waals surface area contributed by atoms with Crippen LogP contribution in [0.2, 0.25) is 19.6 Å². The van der Waals surface area contributed by atoms with Gasteiger partial charge in [0.25, 0.3) is 0 Å². The van der Waals surface area contributed by atoms with Gasteiger partial charge in [0.1, 0.15) is 25.0 Å². The van der Waals surface area contributed by atoms with E-state index in [0.717, 1.165) is 12.8 Å². The molecule has 0 bridgehead atoms. The van der Waals surface area contributed by atoms with Gasteiger partial charge in [-0.05, 0) is 51.7 Å². The number of imidazole rings is 1. The molecule has 2 fully saturated rings. The predicted molar refractivity (Wildman–Crippen MR) is 114 cm³/mol. The lowest BCUT2D eigenvalue weighted by Gasteiger charge is -2.29. The Hall–Kier alpha value is -2.33. The fraction of sp³-hybridized carbons (Fsp3) is 0.545. The molecule has 2 aromatic rings. The van der Waals surface area contributed by atoms with E-state index in [9.17, 15) is 9.18 Å². The lowest BCUT2D eigenvalue weighted by molar-refractivity contribution is 0.0175. The topological polar surface area (TPSA) is 58.2 Å². The highest BCUT2D eigenvalue weighted by Crippen LogP contribution is 2.53. The van der Waals surface area contributed by atoms with Crippen molar-refractivity contribution in [3.05, 3.63) is 29.3 Å². The van der Waals surface area contributed by atoms with Crippen LogP contribution in [0, 0.1) is 23.2 Å². The van der Waals surface area contributed by atoms with Crippen molar-refractivity contribution < 1.29 is 13.9 Å². The molecule has 0 spiro atoms. The van der Waals surface area contributed by atoms with E-state index in [0.29, 0.717) is 28.3 Å². The molecule has 1 aromatic carbocycles. The molecule has 4 rings (SSSR count). The zero-order valence-electron chi connectivity index (χ0n) is 17.9. The minimum Gasteiger partial charge on any atom is -0.444 e. The van der Waals surface area contributed by atoms with Crippen LogP contribution >= 0.6 is 0 Å². The van der Waals surface area contributed by atoms with E-state index < -0.39 is 19.5 Å². The highest BCUT2D eigenvalue weighted by molar-refractivity contribution is 6.83. The van der Waals surface area contributed by atoms with E-state index in [1.807, 2.05) is 26.8 Å². The maximum Gasteiger partial charge on any atom is 0.411 e. The molecule has 29 heavy (non-hydrogen) atoms. The Kier molecular flexibility index (Phi) is 4.54. The SMILES string of the molecule is CC(C)(C)OC(=O)N1[C@@H]2C[C@@H]2C[C@H]1c1nc2c(F)cc(C#C[Si](C)(C)C)cc2[nH]1. The van der Waals surface area contributed by atoms with Crippen LogP contribution < -0.4 is 0 Å². The number of ether oxygens (including phenoxy) is 1. The normalized spacial score (nSPS) is 23.6. The summed E-state index contributed by atoms with van der Waals surface area (Å²) < 4.78 is 20.3. The number of rotatable bonds is 1. The van der Waals surface area contributed by atoms with Gasteiger partial charge in [-0.2, -0.15) is 0 Å². The molecule has 1 aromatic heterocycles. The van der Waals surface area contributed by atoms with E-state index in [-0.39, 0.29) is 18.2 Å². The molecule has 2 heterocycles. The third kappa shape index (κ3) is 4.18. The first-order valence-electron chi connectivity index (χ1n) is 10.1. The summed E-state index contributed by atoms with van der Waals surface area (Å²) in [5, 5.41) is 0. The highest BCUT2D eigenvalue weighted by atomic mass is 28.3. The molecule has 0 unspecified atom stereocenters. The molecule has 0 radical (unpaired) electrons. The number of carbonyl (C=O) groups is 1. The fourth-order valence-corrected chi connectivity index (χ4v) is 4.38. The van der Waals surface area contributed by atoms with Crippen molar-refractivity contribution in [1.29, 1.82) is 0 Å². The monoisotopic (exact) mass is 413 g/mol. The van der Waals surface area contributed by atoms with Gasteiger partial charge in [0.05, 0.1) is 11.6 Å². The molecular formula is C22H28FN3O2Si. The number of hydrogen-bond acceptors (Lipinski definition) is 3. The smallest absolute Gasteiger partial charge is 0.411 e. The van der Waals surface area contributed by atoms with Crippen molar-refractivity contribution in [3.63, 3.8) is 0 Å². The number of aromatic nitrogens is 2. The van der Waals surface area contributed by atoms with Gasteiger partial charge in [0.15, 0.2) is 5.82 Å². The summed E-state index contributed by atoms with van der Waals surface area (Å²) in [6, 6.07) is 3.27. The van der Waals surface area contributed by atoms with Gasteiger partial charge in [-0.15, -0.1) is 5.54 Å². The summed E-state index contributed by atoms with van der Waals surface area (Å²) in [7, 11) is -1.55. The second kappa shape index (κ2) is 6.59. The van der Waals surface area contributed by atoms with E-state index >= 15 is 0 Å². The van der Waals surface area contributed by atoms with Crippen LogP contribution in [0.25, 0.3) is 11.0 Å². The molecule has 1 amide bonds. The third-order valence-corrected chi connectivity index (χ3v) is 6.04. The Morgan fingerprint density at radius 3 is 2.69 bits per heavy atom. The van der Waals surface area contributed by atoms with Gasteiger partial charge in [-0.25, -0.2) is 14.2 Å². The van der Waals surface area contributed by atoms with Crippen LogP contribution in [0.5, 0.6) is 0 Å². The number of carbonyl (C=O) groups excluding carboxylic acids is 1. The standard InChI is InChI=1S/C22H28FN3O2Si/c1-22(2,3)28-21(27)26-17-11-14(17)12-18(26)20-24-16-10-13(7-8-29(4,5)6)9-15(23)19(16)25-20/h9-10,14,17-18H,11-12H2,1-6H3,(H,24,25)/t14-,17-,18+/m1/s1. The molecule has 1 N–H and O–H groups in total. The first kappa shape index (κ1) is 20.0. The van der Waals surface area contributed by atoms with Crippen LogP contribution in [-0.2, 0) is 4.74 Å². The van der Waals surface area contributed by atoms with Crippen molar-refractivity contribution in [2.75, 3.05) is 0 Å². The van der Waals surface area contributed by atoms with E-state index in [1.54, 1.807) is 4.90 Å². The predicted octanol–water partition coefficient (Wildman–Crippen LogP) is 5.00. The Labute approximate surface area is 172 Å². The molecule has 1 saturated heterocycles. The first-order valence-corrected chi connectivity index (χ1v) is 13.6. The second-order valence-corrected chi connectivity index (χ2v) is 14.9. The van der Waals surface area contributed by atoms with Crippen LogP contribution in [0.15, 0.2) is 12.1 Å². The number of fused-ring (bicyclic) bond motifs is 2. The molecule has 1 saturated carbocycles. The quantitative estimate of drug-likeness (QED) is 0.529. The number of piperidine rings is 1. The van der Waals surface area contributed by atoms with Gasteiger partial charge in [-0.3, -0.25) is 4.90 Å². The number of nitrogens with one attached hydrogen (secondary N) is 1. The van der Waals surface area contributed by atoms with Gasteiger partial charge in [-0.1, -0.05) is 25.6 Å². The van der Waals surface area contributed by atoms with E-state index in [2.05, 4.69) is 41.1 Å². The number of likely N-dealkylation sites (tertiary alicyclic amines) is 1. The van der Waals surface area contributed by atoms with Crippen molar-refractivity contribution in [2.24, 2.45) is 5.92 Å². The van der Waals surface area contributed by atoms with E-state index in [1.165, 1.54) is 6.07 Å². The van der Waals surface area contributed by atoms with Gasteiger partial charge >= 0.3 is 6.09 Å². The zero-order valence-corrected chi connectivity index (χ0v) is 18.9. The number of benzene rings is 1. The number of aromatic amines is 1. The van der Waals surface area contributed by atoms with Gasteiger partial charge in [0, 0.05) is 11.6 Å². The van der Waals surface area contributed by atoms with Gasteiger partial charge in [0.2, 0.25) is 0 Å².